The highest BCUT2D eigenvalue weighted by Gasteiger charge is 2.25. The number of nitrogens with two attached hydrogens (primary N) is 1. The van der Waals surface area contributed by atoms with E-state index >= 15 is 0 Å². The van der Waals surface area contributed by atoms with Crippen LogP contribution in [0.15, 0.2) is 24.4 Å². The van der Waals surface area contributed by atoms with Crippen LogP contribution in [0.1, 0.15) is 29.0 Å². The maximum Gasteiger partial charge on any atom is 0.274 e. The van der Waals surface area contributed by atoms with Crippen LogP contribution in [-0.4, -0.2) is 50.9 Å². The van der Waals surface area contributed by atoms with Gasteiger partial charge in [-0.1, -0.05) is 6.07 Å². The second-order valence-electron chi connectivity index (χ2n) is 5.96. The summed E-state index contributed by atoms with van der Waals surface area (Å²) < 4.78 is 1.73. The van der Waals surface area contributed by atoms with Crippen molar-refractivity contribution in [1.29, 1.82) is 0 Å². The maximum atomic E-state index is 12.6. The van der Waals surface area contributed by atoms with Gasteiger partial charge in [-0.05, 0) is 30.9 Å². The van der Waals surface area contributed by atoms with E-state index in [1.807, 2.05) is 0 Å². The number of aliphatic hydroxyl groups is 1. The third-order valence-electron chi connectivity index (χ3n) is 4.22. The number of aliphatic hydroxyl groups excluding tert-OH is 1. The van der Waals surface area contributed by atoms with Crippen LogP contribution >= 0.6 is 0 Å². The minimum Gasteiger partial charge on any atom is -0.396 e. The lowest BCUT2D eigenvalue weighted by molar-refractivity contribution is -0.117. The van der Waals surface area contributed by atoms with E-state index < -0.39 is 5.91 Å². The van der Waals surface area contributed by atoms with Gasteiger partial charge >= 0.3 is 0 Å². The van der Waals surface area contributed by atoms with Crippen molar-refractivity contribution >= 4 is 17.5 Å². The number of amides is 2. The van der Waals surface area contributed by atoms with Crippen LogP contribution in [0.25, 0.3) is 5.65 Å². The predicted octanol–water partition coefficient (Wildman–Crippen LogP) is 0.207. The summed E-state index contributed by atoms with van der Waals surface area (Å²) in [7, 11) is 0. The number of imidazole rings is 1. The van der Waals surface area contributed by atoms with Crippen molar-refractivity contribution in [3.8, 4) is 0 Å². The Bertz CT molecular complexity index is 740. The zero-order chi connectivity index (χ0) is 16.4. The molecule has 1 aliphatic rings. The number of hydrogen-bond acceptors (Lipinski definition) is 4. The van der Waals surface area contributed by atoms with Crippen LogP contribution in [0.2, 0.25) is 0 Å². The Morgan fingerprint density at radius 3 is 2.96 bits per heavy atom. The van der Waals surface area contributed by atoms with Gasteiger partial charge in [0, 0.05) is 31.6 Å². The summed E-state index contributed by atoms with van der Waals surface area (Å²) in [5.41, 5.74) is 6.92. The van der Waals surface area contributed by atoms with E-state index in [0.29, 0.717) is 30.1 Å². The molecule has 2 aromatic rings. The van der Waals surface area contributed by atoms with Crippen LogP contribution in [0.5, 0.6) is 0 Å². The Morgan fingerprint density at radius 2 is 2.22 bits per heavy atom. The van der Waals surface area contributed by atoms with Crippen LogP contribution in [0.3, 0.4) is 0 Å². The van der Waals surface area contributed by atoms with Crippen LogP contribution in [0, 0.1) is 5.92 Å². The fourth-order valence-electron chi connectivity index (χ4n) is 3.05. The smallest absolute Gasteiger partial charge is 0.274 e. The van der Waals surface area contributed by atoms with Gasteiger partial charge in [0.15, 0.2) is 0 Å². The number of fused-ring (bicyclic) bond motifs is 1. The van der Waals surface area contributed by atoms with Crippen molar-refractivity contribution in [3.05, 3.63) is 35.8 Å². The van der Waals surface area contributed by atoms with Crippen LogP contribution in [0.4, 0.5) is 0 Å². The van der Waals surface area contributed by atoms with Gasteiger partial charge in [-0.3, -0.25) is 9.59 Å². The Hall–Kier alpha value is -2.41. The number of hydrogen-bond donors (Lipinski definition) is 2. The topological polar surface area (TPSA) is 101 Å². The van der Waals surface area contributed by atoms with E-state index in [4.69, 9.17) is 5.73 Å². The Kier molecular flexibility index (Phi) is 4.29. The number of likely N-dealkylation sites (tertiary alicyclic amines) is 1. The third-order valence-corrected chi connectivity index (χ3v) is 4.22. The van der Waals surface area contributed by atoms with Gasteiger partial charge in [0.1, 0.15) is 11.3 Å². The van der Waals surface area contributed by atoms with Crippen molar-refractivity contribution in [3.63, 3.8) is 0 Å². The monoisotopic (exact) mass is 316 g/mol. The summed E-state index contributed by atoms with van der Waals surface area (Å²) in [6.07, 6.45) is 3.57. The minimum atomic E-state index is -0.430. The zero-order valence-corrected chi connectivity index (χ0v) is 12.8. The van der Waals surface area contributed by atoms with E-state index in [9.17, 15) is 14.7 Å². The summed E-state index contributed by atoms with van der Waals surface area (Å²) in [6, 6.07) is 5.36. The standard InChI is InChI=1S/C16H20N4O3/c17-14(22)7-12-4-1-5-15-18-13(9-20(12)15)16(23)19-6-2-3-11(8-19)10-21/h1,4-5,9,11,21H,2-3,6-8,10H2,(H2,17,22). The first-order valence-electron chi connectivity index (χ1n) is 7.74. The number of carbonyl (C=O) groups excluding carboxylic acids is 2. The lowest BCUT2D eigenvalue weighted by atomic mass is 9.99. The third kappa shape index (κ3) is 3.19. The van der Waals surface area contributed by atoms with Gasteiger partial charge in [0.2, 0.25) is 5.91 Å². The van der Waals surface area contributed by atoms with Crippen molar-refractivity contribution < 1.29 is 14.7 Å². The van der Waals surface area contributed by atoms with Crippen LogP contribution < -0.4 is 5.73 Å². The van der Waals surface area contributed by atoms with Crippen molar-refractivity contribution in [2.45, 2.75) is 19.3 Å². The molecule has 0 saturated carbocycles. The molecule has 1 fully saturated rings. The molecule has 0 aliphatic carbocycles. The number of carbonyl (C=O) groups is 2. The number of aromatic nitrogens is 2. The van der Waals surface area contributed by atoms with E-state index in [1.165, 1.54) is 0 Å². The molecule has 0 spiro atoms. The van der Waals surface area contributed by atoms with E-state index in [1.54, 1.807) is 33.7 Å². The van der Waals surface area contributed by atoms with E-state index in [2.05, 4.69) is 4.98 Å². The molecule has 1 unspecified atom stereocenters. The summed E-state index contributed by atoms with van der Waals surface area (Å²) in [6.45, 7) is 1.33. The Labute approximate surface area is 133 Å². The minimum absolute atomic E-state index is 0.0949. The quantitative estimate of drug-likeness (QED) is 0.841. The number of rotatable bonds is 4. The molecule has 0 aromatic carbocycles. The molecule has 23 heavy (non-hydrogen) atoms. The fraction of sp³-hybridized carbons (Fsp3) is 0.438. The molecule has 1 atom stereocenters. The summed E-state index contributed by atoms with van der Waals surface area (Å²) in [5.74, 6) is -0.437. The number of pyridine rings is 1. The van der Waals surface area contributed by atoms with Gasteiger partial charge in [-0.15, -0.1) is 0 Å². The van der Waals surface area contributed by atoms with Crippen LogP contribution in [-0.2, 0) is 11.2 Å². The molecule has 3 rings (SSSR count). The molecule has 7 heteroatoms. The first-order valence-corrected chi connectivity index (χ1v) is 7.74. The molecule has 7 nitrogen and oxygen atoms in total. The highest BCUT2D eigenvalue weighted by Crippen LogP contribution is 2.19. The van der Waals surface area contributed by atoms with Crippen molar-refractivity contribution in [1.82, 2.24) is 14.3 Å². The first-order chi connectivity index (χ1) is 11.1. The molecule has 0 radical (unpaired) electrons. The summed E-state index contributed by atoms with van der Waals surface area (Å²) in [5, 5.41) is 9.29. The highest BCUT2D eigenvalue weighted by atomic mass is 16.3. The molecule has 0 bridgehead atoms. The van der Waals surface area contributed by atoms with E-state index in [-0.39, 0.29) is 24.9 Å². The number of primary amides is 1. The first kappa shape index (κ1) is 15.5. The lowest BCUT2D eigenvalue weighted by Crippen LogP contribution is -2.41. The molecule has 3 N–H and O–H groups in total. The molecule has 2 amide bonds. The molecule has 3 heterocycles. The second kappa shape index (κ2) is 6.37. The van der Waals surface area contributed by atoms with Gasteiger partial charge in [-0.25, -0.2) is 4.98 Å². The summed E-state index contributed by atoms with van der Waals surface area (Å²) in [4.78, 5) is 29.9. The molecule has 122 valence electrons. The van der Waals surface area contributed by atoms with Crippen molar-refractivity contribution in [2.24, 2.45) is 11.7 Å². The normalized spacial score (nSPS) is 18.3. The average Bonchev–Trinajstić information content (AvgIpc) is 2.99. The Balaban J connectivity index is 1.88. The molecular weight excluding hydrogens is 296 g/mol. The fourth-order valence-corrected chi connectivity index (χ4v) is 3.05. The number of piperidine rings is 1. The predicted molar refractivity (Wildman–Crippen MR) is 83.8 cm³/mol. The maximum absolute atomic E-state index is 12.6. The van der Waals surface area contributed by atoms with Gasteiger partial charge in [0.05, 0.1) is 6.42 Å². The highest BCUT2D eigenvalue weighted by molar-refractivity contribution is 5.93. The summed E-state index contributed by atoms with van der Waals surface area (Å²) >= 11 is 0. The molecule has 2 aromatic heterocycles. The van der Waals surface area contributed by atoms with Gasteiger partial charge in [0.25, 0.3) is 5.91 Å². The van der Waals surface area contributed by atoms with Gasteiger partial charge < -0.3 is 20.1 Å². The van der Waals surface area contributed by atoms with E-state index in [0.717, 1.165) is 12.8 Å². The molecule has 1 saturated heterocycles. The molecule has 1 aliphatic heterocycles. The second-order valence-corrected chi connectivity index (χ2v) is 5.96. The number of nitrogens with zero attached hydrogens (tertiary/aromatic N) is 3. The molecular formula is C16H20N4O3. The Morgan fingerprint density at radius 1 is 1.39 bits per heavy atom. The van der Waals surface area contributed by atoms with Crippen molar-refractivity contribution in [2.75, 3.05) is 19.7 Å². The zero-order valence-electron chi connectivity index (χ0n) is 12.8. The van der Waals surface area contributed by atoms with Gasteiger partial charge in [-0.2, -0.15) is 0 Å². The average molecular weight is 316 g/mol. The SMILES string of the molecule is NC(=O)Cc1cccc2nc(C(=O)N3CCCC(CO)C3)cn12. The largest absolute Gasteiger partial charge is 0.396 e. The lowest BCUT2D eigenvalue weighted by Gasteiger charge is -2.31.